The molecule has 0 unspecified atom stereocenters. The average Bonchev–Trinajstić information content (AvgIpc) is 2.54. The number of azo groups is 1. The van der Waals surface area contributed by atoms with Gasteiger partial charge in [-0.2, -0.15) is 0 Å². The van der Waals surface area contributed by atoms with E-state index in [0.717, 1.165) is 5.39 Å². The van der Waals surface area contributed by atoms with Gasteiger partial charge in [0.15, 0.2) is 5.69 Å². The van der Waals surface area contributed by atoms with E-state index >= 15 is 0 Å². The monoisotopic (exact) mass is 327 g/mol. The van der Waals surface area contributed by atoms with Crippen molar-refractivity contribution in [2.24, 2.45) is 10.2 Å². The Labute approximate surface area is 135 Å². The van der Waals surface area contributed by atoms with Crippen molar-refractivity contribution < 1.29 is 10.0 Å². The number of nitro benzene ring substituents is 1. The SMILES string of the molecule is O=[N+]([O-])c1cc(Cl)ccc1/N=N/c1c(O)ccc2ccccc12. The zero-order chi connectivity index (χ0) is 16.4. The van der Waals surface area contributed by atoms with Crippen molar-refractivity contribution in [3.05, 3.63) is 69.7 Å². The summed E-state index contributed by atoms with van der Waals surface area (Å²) in [6, 6.07) is 14.7. The second kappa shape index (κ2) is 6.02. The first-order valence-corrected chi connectivity index (χ1v) is 7.00. The van der Waals surface area contributed by atoms with Crippen LogP contribution in [0.2, 0.25) is 5.02 Å². The Hall–Kier alpha value is -2.99. The summed E-state index contributed by atoms with van der Waals surface area (Å²) in [5.41, 5.74) is 0.0695. The van der Waals surface area contributed by atoms with E-state index in [2.05, 4.69) is 10.2 Å². The predicted octanol–water partition coefficient (Wildman–Crippen LogP) is 5.52. The molecule has 0 aliphatic heterocycles. The highest BCUT2D eigenvalue weighted by molar-refractivity contribution is 6.30. The highest BCUT2D eigenvalue weighted by Crippen LogP contribution is 2.37. The molecule has 0 radical (unpaired) electrons. The Morgan fingerprint density at radius 1 is 1.04 bits per heavy atom. The topological polar surface area (TPSA) is 88.1 Å². The third-order valence-electron chi connectivity index (χ3n) is 3.27. The Morgan fingerprint density at radius 3 is 2.61 bits per heavy atom. The van der Waals surface area contributed by atoms with Crippen LogP contribution in [0.15, 0.2) is 64.8 Å². The van der Waals surface area contributed by atoms with Gasteiger partial charge in [-0.25, -0.2) is 0 Å². The predicted molar refractivity (Wildman–Crippen MR) is 87.9 cm³/mol. The molecule has 0 amide bonds. The molecule has 0 atom stereocenters. The Kier molecular flexibility index (Phi) is 3.91. The first-order valence-electron chi connectivity index (χ1n) is 6.62. The maximum Gasteiger partial charge on any atom is 0.298 e. The van der Waals surface area contributed by atoms with Crippen molar-refractivity contribution in [1.29, 1.82) is 0 Å². The van der Waals surface area contributed by atoms with Gasteiger partial charge in [0.05, 0.1) is 4.92 Å². The number of rotatable bonds is 3. The Bertz CT molecular complexity index is 941. The van der Waals surface area contributed by atoms with Crippen molar-refractivity contribution in [3.63, 3.8) is 0 Å². The summed E-state index contributed by atoms with van der Waals surface area (Å²) in [4.78, 5) is 10.5. The van der Waals surface area contributed by atoms with Crippen LogP contribution < -0.4 is 0 Å². The molecular weight excluding hydrogens is 318 g/mol. The maximum atomic E-state index is 11.1. The van der Waals surface area contributed by atoms with Crippen LogP contribution in [-0.2, 0) is 0 Å². The number of fused-ring (bicyclic) bond motifs is 1. The number of nitro groups is 1. The molecule has 6 nitrogen and oxygen atoms in total. The second-order valence-electron chi connectivity index (χ2n) is 4.74. The number of halogens is 1. The van der Waals surface area contributed by atoms with Crippen LogP contribution in [0.25, 0.3) is 10.8 Å². The van der Waals surface area contributed by atoms with Gasteiger partial charge >= 0.3 is 0 Å². The molecule has 23 heavy (non-hydrogen) atoms. The van der Waals surface area contributed by atoms with E-state index in [1.54, 1.807) is 12.1 Å². The molecule has 3 aromatic carbocycles. The van der Waals surface area contributed by atoms with Crippen LogP contribution >= 0.6 is 11.6 Å². The van der Waals surface area contributed by atoms with Gasteiger partial charge in [-0.15, -0.1) is 10.2 Å². The van der Waals surface area contributed by atoms with E-state index < -0.39 is 4.92 Å². The van der Waals surface area contributed by atoms with Crippen LogP contribution in [0, 0.1) is 10.1 Å². The van der Waals surface area contributed by atoms with Gasteiger partial charge in [0.1, 0.15) is 11.4 Å². The lowest BCUT2D eigenvalue weighted by atomic mass is 10.1. The number of phenols is 1. The highest BCUT2D eigenvalue weighted by atomic mass is 35.5. The Balaban J connectivity index is 2.11. The molecule has 114 valence electrons. The third-order valence-corrected chi connectivity index (χ3v) is 3.51. The molecule has 0 aromatic heterocycles. The van der Waals surface area contributed by atoms with E-state index in [-0.39, 0.29) is 27.8 Å². The van der Waals surface area contributed by atoms with Crippen LogP contribution in [0.1, 0.15) is 0 Å². The molecule has 3 rings (SSSR count). The second-order valence-corrected chi connectivity index (χ2v) is 5.18. The minimum absolute atomic E-state index is 0.0518. The molecule has 0 aliphatic carbocycles. The molecule has 7 heteroatoms. The summed E-state index contributed by atoms with van der Waals surface area (Å²) in [5, 5.41) is 30.8. The van der Waals surface area contributed by atoms with E-state index in [1.807, 2.05) is 18.2 Å². The van der Waals surface area contributed by atoms with Crippen LogP contribution in [0.5, 0.6) is 5.75 Å². The van der Waals surface area contributed by atoms with E-state index in [1.165, 1.54) is 24.3 Å². The van der Waals surface area contributed by atoms with Gasteiger partial charge in [0.2, 0.25) is 0 Å². The quantitative estimate of drug-likeness (QED) is 0.390. The number of aromatic hydroxyl groups is 1. The fourth-order valence-corrected chi connectivity index (χ4v) is 2.35. The molecule has 1 N–H and O–H groups in total. The van der Waals surface area contributed by atoms with Gasteiger partial charge in [0, 0.05) is 16.5 Å². The summed E-state index contributed by atoms with van der Waals surface area (Å²) >= 11 is 5.76. The van der Waals surface area contributed by atoms with E-state index in [0.29, 0.717) is 5.39 Å². The van der Waals surface area contributed by atoms with E-state index in [4.69, 9.17) is 11.6 Å². The number of benzene rings is 3. The van der Waals surface area contributed by atoms with Crippen molar-refractivity contribution in [2.75, 3.05) is 0 Å². The van der Waals surface area contributed by atoms with Crippen LogP contribution in [0.4, 0.5) is 17.1 Å². The van der Waals surface area contributed by atoms with Crippen molar-refractivity contribution in [1.82, 2.24) is 0 Å². The van der Waals surface area contributed by atoms with Crippen molar-refractivity contribution in [2.45, 2.75) is 0 Å². The molecule has 0 saturated carbocycles. The largest absolute Gasteiger partial charge is 0.506 e. The van der Waals surface area contributed by atoms with Crippen molar-refractivity contribution >= 4 is 39.4 Å². The minimum Gasteiger partial charge on any atom is -0.506 e. The first kappa shape index (κ1) is 14.9. The number of phenolic OH excluding ortho intramolecular Hbond substituents is 1. The third kappa shape index (κ3) is 2.97. The zero-order valence-corrected chi connectivity index (χ0v) is 12.4. The molecule has 0 heterocycles. The zero-order valence-electron chi connectivity index (χ0n) is 11.7. The fourth-order valence-electron chi connectivity index (χ4n) is 2.18. The molecular formula is C16H10ClN3O3. The highest BCUT2D eigenvalue weighted by Gasteiger charge is 2.14. The smallest absolute Gasteiger partial charge is 0.298 e. The molecule has 3 aromatic rings. The molecule has 0 bridgehead atoms. The Morgan fingerprint density at radius 2 is 1.83 bits per heavy atom. The molecule has 0 fully saturated rings. The summed E-state index contributed by atoms with van der Waals surface area (Å²) < 4.78 is 0. The summed E-state index contributed by atoms with van der Waals surface area (Å²) in [7, 11) is 0. The lowest BCUT2D eigenvalue weighted by Crippen LogP contribution is -1.87. The summed E-state index contributed by atoms with van der Waals surface area (Å²) in [6.45, 7) is 0. The molecule has 0 spiro atoms. The number of nitrogens with zero attached hydrogens (tertiary/aromatic N) is 3. The van der Waals surface area contributed by atoms with Crippen molar-refractivity contribution in [3.8, 4) is 5.75 Å². The number of hydrogen-bond donors (Lipinski definition) is 1. The lowest BCUT2D eigenvalue weighted by Gasteiger charge is -2.03. The lowest BCUT2D eigenvalue weighted by molar-refractivity contribution is -0.384. The van der Waals surface area contributed by atoms with Crippen LogP contribution in [0.3, 0.4) is 0 Å². The summed E-state index contributed by atoms with van der Waals surface area (Å²) in [6.07, 6.45) is 0. The van der Waals surface area contributed by atoms with Gasteiger partial charge in [-0.05, 0) is 23.6 Å². The van der Waals surface area contributed by atoms with E-state index in [9.17, 15) is 15.2 Å². The van der Waals surface area contributed by atoms with Crippen LogP contribution in [-0.4, -0.2) is 10.0 Å². The maximum absolute atomic E-state index is 11.1. The molecule has 0 saturated heterocycles. The fraction of sp³-hybridized carbons (Fsp3) is 0. The average molecular weight is 328 g/mol. The number of hydrogen-bond acceptors (Lipinski definition) is 5. The summed E-state index contributed by atoms with van der Waals surface area (Å²) in [5.74, 6) is -0.0518. The standard InChI is InChI=1S/C16H10ClN3O3/c17-11-6-7-13(14(9-11)20(22)23)18-19-16-12-4-2-1-3-10(12)5-8-15(16)21/h1-9,21H/b19-18+. The van der Waals surface area contributed by atoms with Gasteiger partial charge in [-0.3, -0.25) is 10.1 Å². The van der Waals surface area contributed by atoms with Gasteiger partial charge < -0.3 is 5.11 Å². The molecule has 0 aliphatic rings. The normalized spacial score (nSPS) is 11.2. The van der Waals surface area contributed by atoms with Gasteiger partial charge in [0.25, 0.3) is 5.69 Å². The minimum atomic E-state index is -0.580. The first-order chi connectivity index (χ1) is 11.1. The van der Waals surface area contributed by atoms with Gasteiger partial charge in [-0.1, -0.05) is 41.9 Å².